The Kier molecular flexibility index (Phi) is 3.99. The Morgan fingerprint density at radius 3 is 2.29 bits per heavy atom. The van der Waals surface area contributed by atoms with Crippen LogP contribution in [0.3, 0.4) is 0 Å². The van der Waals surface area contributed by atoms with Crippen LogP contribution in [0.4, 0.5) is 0 Å². The molecule has 2 aromatic carbocycles. The molecular formula is C19H18N2. The maximum atomic E-state index is 5.67. The SMILES string of the molecule is NCc1ccc(C(=Cc2ccccc2)c2ccc[nH]2)cc1. The van der Waals surface area contributed by atoms with Crippen LogP contribution in [0.2, 0.25) is 0 Å². The molecular weight excluding hydrogens is 256 g/mol. The highest BCUT2D eigenvalue weighted by atomic mass is 14.7. The van der Waals surface area contributed by atoms with Crippen LogP contribution in [0, 0.1) is 0 Å². The number of rotatable bonds is 4. The van der Waals surface area contributed by atoms with E-state index in [9.17, 15) is 0 Å². The van der Waals surface area contributed by atoms with Gasteiger partial charge in [0.05, 0.1) is 0 Å². The minimum Gasteiger partial charge on any atom is -0.361 e. The first-order valence-corrected chi connectivity index (χ1v) is 7.07. The van der Waals surface area contributed by atoms with Crippen molar-refractivity contribution in [2.24, 2.45) is 5.73 Å². The molecule has 1 heterocycles. The highest BCUT2D eigenvalue weighted by molar-refractivity contribution is 5.90. The van der Waals surface area contributed by atoms with Gasteiger partial charge in [-0.3, -0.25) is 0 Å². The van der Waals surface area contributed by atoms with E-state index >= 15 is 0 Å². The molecule has 3 aromatic rings. The van der Waals surface area contributed by atoms with E-state index in [1.807, 2.05) is 18.3 Å². The molecule has 2 heteroatoms. The van der Waals surface area contributed by atoms with Gasteiger partial charge in [-0.05, 0) is 34.9 Å². The van der Waals surface area contributed by atoms with Gasteiger partial charge in [-0.1, -0.05) is 54.6 Å². The summed E-state index contributed by atoms with van der Waals surface area (Å²) in [7, 11) is 0. The zero-order chi connectivity index (χ0) is 14.5. The van der Waals surface area contributed by atoms with Crippen LogP contribution in [-0.2, 0) is 6.54 Å². The molecule has 3 N–H and O–H groups in total. The van der Waals surface area contributed by atoms with Gasteiger partial charge in [-0.25, -0.2) is 0 Å². The molecule has 104 valence electrons. The van der Waals surface area contributed by atoms with Crippen LogP contribution < -0.4 is 5.73 Å². The summed E-state index contributed by atoms with van der Waals surface area (Å²) in [6, 6.07) is 22.9. The highest BCUT2D eigenvalue weighted by Crippen LogP contribution is 2.25. The van der Waals surface area contributed by atoms with E-state index < -0.39 is 0 Å². The standard InChI is InChI=1S/C19H18N2/c20-14-16-8-10-17(11-9-16)18(19-7-4-12-21-19)13-15-5-2-1-3-6-15/h1-13,21H,14,20H2. The molecule has 0 atom stereocenters. The minimum atomic E-state index is 0.570. The van der Waals surface area contributed by atoms with E-state index in [0.29, 0.717) is 6.54 Å². The molecule has 0 saturated heterocycles. The van der Waals surface area contributed by atoms with Crippen molar-refractivity contribution in [2.45, 2.75) is 6.54 Å². The van der Waals surface area contributed by atoms with Crippen molar-refractivity contribution in [2.75, 3.05) is 0 Å². The van der Waals surface area contributed by atoms with Gasteiger partial charge in [0.15, 0.2) is 0 Å². The number of nitrogens with one attached hydrogen (secondary N) is 1. The van der Waals surface area contributed by atoms with Gasteiger partial charge in [-0.15, -0.1) is 0 Å². The summed E-state index contributed by atoms with van der Waals surface area (Å²) in [5.74, 6) is 0. The molecule has 0 aliphatic rings. The van der Waals surface area contributed by atoms with E-state index in [4.69, 9.17) is 5.73 Å². The Labute approximate surface area is 124 Å². The molecule has 0 saturated carbocycles. The van der Waals surface area contributed by atoms with Crippen molar-refractivity contribution in [3.8, 4) is 0 Å². The zero-order valence-corrected chi connectivity index (χ0v) is 11.8. The molecule has 3 rings (SSSR count). The third kappa shape index (κ3) is 3.12. The average Bonchev–Trinajstić information content (AvgIpc) is 3.08. The Morgan fingerprint density at radius 1 is 0.905 bits per heavy atom. The summed E-state index contributed by atoms with van der Waals surface area (Å²) in [4.78, 5) is 3.29. The Morgan fingerprint density at radius 2 is 1.67 bits per heavy atom. The first-order chi connectivity index (χ1) is 10.4. The first-order valence-electron chi connectivity index (χ1n) is 7.07. The number of aromatic amines is 1. The number of aromatic nitrogens is 1. The minimum absolute atomic E-state index is 0.570. The second-order valence-electron chi connectivity index (χ2n) is 4.95. The highest BCUT2D eigenvalue weighted by Gasteiger charge is 2.06. The lowest BCUT2D eigenvalue weighted by atomic mass is 9.99. The van der Waals surface area contributed by atoms with Crippen molar-refractivity contribution in [1.29, 1.82) is 0 Å². The van der Waals surface area contributed by atoms with Crippen LogP contribution in [0.25, 0.3) is 11.6 Å². The van der Waals surface area contributed by atoms with E-state index in [-0.39, 0.29) is 0 Å². The molecule has 2 nitrogen and oxygen atoms in total. The monoisotopic (exact) mass is 274 g/mol. The van der Waals surface area contributed by atoms with E-state index in [1.165, 1.54) is 16.7 Å². The van der Waals surface area contributed by atoms with Crippen molar-refractivity contribution in [3.05, 3.63) is 95.3 Å². The van der Waals surface area contributed by atoms with E-state index in [1.54, 1.807) is 0 Å². The lowest BCUT2D eigenvalue weighted by Crippen LogP contribution is -1.96. The average molecular weight is 274 g/mol. The van der Waals surface area contributed by atoms with Crippen molar-refractivity contribution in [3.63, 3.8) is 0 Å². The smallest absolute Gasteiger partial charge is 0.0460 e. The molecule has 0 aliphatic heterocycles. The lowest BCUT2D eigenvalue weighted by Gasteiger charge is -2.08. The van der Waals surface area contributed by atoms with Crippen molar-refractivity contribution < 1.29 is 0 Å². The number of nitrogens with two attached hydrogens (primary N) is 1. The molecule has 0 spiro atoms. The fourth-order valence-corrected chi connectivity index (χ4v) is 2.35. The van der Waals surface area contributed by atoms with Crippen LogP contribution in [0.15, 0.2) is 72.9 Å². The summed E-state index contributed by atoms with van der Waals surface area (Å²) < 4.78 is 0. The lowest BCUT2D eigenvalue weighted by molar-refractivity contribution is 1.07. The maximum absolute atomic E-state index is 5.67. The third-order valence-electron chi connectivity index (χ3n) is 3.50. The molecule has 21 heavy (non-hydrogen) atoms. The number of H-pyrrole nitrogens is 1. The number of hydrogen-bond donors (Lipinski definition) is 2. The van der Waals surface area contributed by atoms with Gasteiger partial charge >= 0.3 is 0 Å². The van der Waals surface area contributed by atoms with Gasteiger partial charge < -0.3 is 10.7 Å². The summed E-state index contributed by atoms with van der Waals surface area (Å²) in [6.07, 6.45) is 4.14. The van der Waals surface area contributed by atoms with Crippen LogP contribution in [0.1, 0.15) is 22.4 Å². The fourth-order valence-electron chi connectivity index (χ4n) is 2.35. The quantitative estimate of drug-likeness (QED) is 0.692. The van der Waals surface area contributed by atoms with Gasteiger partial charge in [0.2, 0.25) is 0 Å². The zero-order valence-electron chi connectivity index (χ0n) is 11.8. The topological polar surface area (TPSA) is 41.8 Å². The predicted molar refractivity (Wildman–Crippen MR) is 88.5 cm³/mol. The molecule has 0 amide bonds. The van der Waals surface area contributed by atoms with Crippen molar-refractivity contribution >= 4 is 11.6 Å². The third-order valence-corrected chi connectivity index (χ3v) is 3.50. The summed E-state index contributed by atoms with van der Waals surface area (Å²) in [5.41, 5.74) is 11.5. The Balaban J connectivity index is 2.06. The molecule has 0 radical (unpaired) electrons. The first kappa shape index (κ1) is 13.4. The van der Waals surface area contributed by atoms with Gasteiger partial charge in [0.1, 0.15) is 0 Å². The van der Waals surface area contributed by atoms with Crippen LogP contribution in [-0.4, -0.2) is 4.98 Å². The second-order valence-corrected chi connectivity index (χ2v) is 4.95. The molecule has 0 unspecified atom stereocenters. The molecule has 1 aromatic heterocycles. The van der Waals surface area contributed by atoms with Crippen LogP contribution >= 0.6 is 0 Å². The van der Waals surface area contributed by atoms with E-state index in [0.717, 1.165) is 11.3 Å². The Hall–Kier alpha value is -2.58. The molecule has 0 fully saturated rings. The van der Waals surface area contributed by atoms with Crippen LogP contribution in [0.5, 0.6) is 0 Å². The summed E-state index contributed by atoms with van der Waals surface area (Å²) >= 11 is 0. The van der Waals surface area contributed by atoms with Crippen molar-refractivity contribution in [1.82, 2.24) is 4.98 Å². The maximum Gasteiger partial charge on any atom is 0.0460 e. The fraction of sp³-hybridized carbons (Fsp3) is 0.0526. The normalized spacial score (nSPS) is 11.6. The number of benzene rings is 2. The van der Waals surface area contributed by atoms with E-state index in [2.05, 4.69) is 65.7 Å². The van der Waals surface area contributed by atoms with Gasteiger partial charge in [-0.2, -0.15) is 0 Å². The van der Waals surface area contributed by atoms with Gasteiger partial charge in [0.25, 0.3) is 0 Å². The Bertz CT molecular complexity index is 708. The summed E-state index contributed by atoms with van der Waals surface area (Å²) in [6.45, 7) is 0.570. The molecule has 0 bridgehead atoms. The summed E-state index contributed by atoms with van der Waals surface area (Å²) in [5, 5.41) is 0. The second kappa shape index (κ2) is 6.25. The predicted octanol–water partition coefficient (Wildman–Crippen LogP) is 4.06. The molecule has 0 aliphatic carbocycles. The largest absolute Gasteiger partial charge is 0.361 e. The number of hydrogen-bond acceptors (Lipinski definition) is 1. The van der Waals surface area contributed by atoms with Gasteiger partial charge in [0, 0.05) is 24.0 Å².